The zero-order valence-electron chi connectivity index (χ0n) is 11.7. The first-order valence-electron chi connectivity index (χ1n) is 6.70. The van der Waals surface area contributed by atoms with Gasteiger partial charge in [-0.3, -0.25) is 0 Å². The molecular formula is C17H21N. The lowest BCUT2D eigenvalue weighted by Crippen LogP contribution is -2.41. The molecule has 0 aliphatic carbocycles. The molecule has 94 valence electrons. The Morgan fingerprint density at radius 1 is 0.889 bits per heavy atom. The van der Waals surface area contributed by atoms with Crippen LogP contribution >= 0.6 is 0 Å². The highest BCUT2D eigenvalue weighted by molar-refractivity contribution is 5.91. The second kappa shape index (κ2) is 3.58. The summed E-state index contributed by atoms with van der Waals surface area (Å²) in [6.07, 6.45) is 0. The van der Waals surface area contributed by atoms with Crippen LogP contribution in [-0.4, -0.2) is 6.54 Å². The Morgan fingerprint density at radius 3 is 2.17 bits per heavy atom. The maximum atomic E-state index is 3.72. The SMILES string of the molecule is CC1(C)CNC(C)(C)c2cccc3cccc1c23. The maximum Gasteiger partial charge on any atom is 0.0384 e. The Labute approximate surface area is 109 Å². The molecule has 0 fully saturated rings. The molecule has 0 aromatic heterocycles. The van der Waals surface area contributed by atoms with Gasteiger partial charge in [-0.2, -0.15) is 0 Å². The van der Waals surface area contributed by atoms with Gasteiger partial charge in [0.1, 0.15) is 0 Å². The third-order valence-electron chi connectivity index (χ3n) is 4.28. The van der Waals surface area contributed by atoms with Crippen LogP contribution in [0.15, 0.2) is 36.4 Å². The molecule has 18 heavy (non-hydrogen) atoms. The number of rotatable bonds is 0. The van der Waals surface area contributed by atoms with Gasteiger partial charge in [-0.25, -0.2) is 0 Å². The third-order valence-corrected chi connectivity index (χ3v) is 4.28. The van der Waals surface area contributed by atoms with Gasteiger partial charge in [0.2, 0.25) is 0 Å². The summed E-state index contributed by atoms with van der Waals surface area (Å²) < 4.78 is 0. The van der Waals surface area contributed by atoms with Crippen molar-refractivity contribution in [2.24, 2.45) is 0 Å². The Hall–Kier alpha value is -1.34. The minimum atomic E-state index is 0.0311. The summed E-state index contributed by atoms with van der Waals surface area (Å²) in [4.78, 5) is 0. The first-order chi connectivity index (χ1) is 8.42. The molecule has 0 spiro atoms. The molecule has 1 nitrogen and oxygen atoms in total. The van der Waals surface area contributed by atoms with E-state index in [0.717, 1.165) is 6.54 Å². The van der Waals surface area contributed by atoms with Gasteiger partial charge in [-0.15, -0.1) is 0 Å². The summed E-state index contributed by atoms with van der Waals surface area (Å²) in [5, 5.41) is 6.52. The molecule has 1 aliphatic heterocycles. The maximum absolute atomic E-state index is 3.72. The van der Waals surface area contributed by atoms with E-state index in [2.05, 4.69) is 69.4 Å². The molecule has 0 unspecified atom stereocenters. The minimum Gasteiger partial charge on any atom is -0.307 e. The van der Waals surface area contributed by atoms with Crippen molar-refractivity contribution < 1.29 is 0 Å². The van der Waals surface area contributed by atoms with Crippen LogP contribution in [0.4, 0.5) is 0 Å². The van der Waals surface area contributed by atoms with E-state index in [9.17, 15) is 0 Å². The van der Waals surface area contributed by atoms with Crippen molar-refractivity contribution in [1.82, 2.24) is 5.32 Å². The van der Waals surface area contributed by atoms with Crippen molar-refractivity contribution in [3.8, 4) is 0 Å². The fraction of sp³-hybridized carbons (Fsp3) is 0.412. The summed E-state index contributed by atoms with van der Waals surface area (Å²) in [7, 11) is 0. The van der Waals surface area contributed by atoms with Crippen LogP contribution in [0.1, 0.15) is 38.8 Å². The zero-order valence-corrected chi connectivity index (χ0v) is 11.7. The number of benzene rings is 2. The zero-order chi connectivity index (χ0) is 13.0. The fourth-order valence-corrected chi connectivity index (χ4v) is 3.06. The van der Waals surface area contributed by atoms with Gasteiger partial charge >= 0.3 is 0 Å². The molecule has 2 aromatic rings. The highest BCUT2D eigenvalue weighted by atomic mass is 15.0. The van der Waals surface area contributed by atoms with Crippen molar-refractivity contribution >= 4 is 10.8 Å². The van der Waals surface area contributed by atoms with Crippen LogP contribution in [0.3, 0.4) is 0 Å². The Bertz CT molecular complexity index is 557. The van der Waals surface area contributed by atoms with Gasteiger partial charge in [-0.05, 0) is 35.7 Å². The van der Waals surface area contributed by atoms with Crippen LogP contribution in [0, 0.1) is 0 Å². The molecule has 1 heterocycles. The highest BCUT2D eigenvalue weighted by Crippen LogP contribution is 2.39. The predicted molar refractivity (Wildman–Crippen MR) is 78.0 cm³/mol. The summed E-state index contributed by atoms with van der Waals surface area (Å²) in [6, 6.07) is 13.3. The standard InChI is InChI=1S/C17H21N/c1-16(2)11-18-17(3,4)14-10-6-8-12-7-5-9-13(16)15(12)14/h5-10,18H,11H2,1-4H3. The normalized spacial score (nSPS) is 20.7. The van der Waals surface area contributed by atoms with Gasteiger partial charge in [0, 0.05) is 17.5 Å². The van der Waals surface area contributed by atoms with Crippen molar-refractivity contribution in [2.45, 2.75) is 38.6 Å². The van der Waals surface area contributed by atoms with Crippen molar-refractivity contribution in [3.63, 3.8) is 0 Å². The van der Waals surface area contributed by atoms with Gasteiger partial charge < -0.3 is 5.32 Å². The molecule has 0 radical (unpaired) electrons. The topological polar surface area (TPSA) is 12.0 Å². The highest BCUT2D eigenvalue weighted by Gasteiger charge is 2.33. The predicted octanol–water partition coefficient (Wildman–Crippen LogP) is 3.96. The van der Waals surface area contributed by atoms with Crippen molar-refractivity contribution in [3.05, 3.63) is 47.5 Å². The number of hydrogen-bond acceptors (Lipinski definition) is 1. The first-order valence-corrected chi connectivity index (χ1v) is 6.70. The van der Waals surface area contributed by atoms with E-state index in [1.54, 1.807) is 0 Å². The monoisotopic (exact) mass is 239 g/mol. The lowest BCUT2D eigenvalue weighted by atomic mass is 9.81. The van der Waals surface area contributed by atoms with E-state index < -0.39 is 0 Å². The summed E-state index contributed by atoms with van der Waals surface area (Å²) in [5.41, 5.74) is 3.09. The van der Waals surface area contributed by atoms with Crippen LogP contribution in [0.2, 0.25) is 0 Å². The van der Waals surface area contributed by atoms with Crippen LogP contribution in [0.25, 0.3) is 10.8 Å². The van der Waals surface area contributed by atoms with Crippen molar-refractivity contribution in [2.75, 3.05) is 6.54 Å². The Morgan fingerprint density at radius 2 is 1.50 bits per heavy atom. The third kappa shape index (κ3) is 1.58. The van der Waals surface area contributed by atoms with Gasteiger partial charge in [0.05, 0.1) is 0 Å². The second-order valence-corrected chi connectivity index (χ2v) is 6.57. The summed E-state index contributed by atoms with van der Waals surface area (Å²) in [6.45, 7) is 10.2. The molecule has 3 rings (SSSR count). The first kappa shape index (κ1) is 11.7. The van der Waals surface area contributed by atoms with E-state index in [0.29, 0.717) is 0 Å². The van der Waals surface area contributed by atoms with Gasteiger partial charge in [0.25, 0.3) is 0 Å². The molecule has 0 atom stereocenters. The molecule has 0 bridgehead atoms. The molecular weight excluding hydrogens is 218 g/mol. The Kier molecular flexibility index (Phi) is 2.33. The van der Waals surface area contributed by atoms with Crippen LogP contribution in [-0.2, 0) is 11.0 Å². The molecule has 0 amide bonds. The average Bonchev–Trinajstić information content (AvgIpc) is 2.41. The molecule has 1 aliphatic rings. The lowest BCUT2D eigenvalue weighted by molar-refractivity contribution is 0.360. The lowest BCUT2D eigenvalue weighted by Gasteiger charge is -2.29. The molecule has 2 aromatic carbocycles. The van der Waals surface area contributed by atoms with Crippen LogP contribution in [0.5, 0.6) is 0 Å². The minimum absolute atomic E-state index is 0.0311. The smallest absolute Gasteiger partial charge is 0.0384 e. The van der Waals surface area contributed by atoms with Crippen LogP contribution < -0.4 is 5.32 Å². The van der Waals surface area contributed by atoms with E-state index in [1.165, 1.54) is 21.9 Å². The molecule has 0 saturated carbocycles. The van der Waals surface area contributed by atoms with E-state index in [1.807, 2.05) is 0 Å². The molecule has 1 heteroatoms. The number of nitrogens with one attached hydrogen (secondary N) is 1. The quantitative estimate of drug-likeness (QED) is 0.734. The van der Waals surface area contributed by atoms with E-state index >= 15 is 0 Å². The van der Waals surface area contributed by atoms with Gasteiger partial charge in [0.15, 0.2) is 0 Å². The largest absolute Gasteiger partial charge is 0.307 e. The van der Waals surface area contributed by atoms with Gasteiger partial charge in [-0.1, -0.05) is 50.2 Å². The van der Waals surface area contributed by atoms with Crippen molar-refractivity contribution in [1.29, 1.82) is 0 Å². The number of hydrogen-bond donors (Lipinski definition) is 1. The molecule has 0 saturated heterocycles. The molecule has 1 N–H and O–H groups in total. The average molecular weight is 239 g/mol. The second-order valence-electron chi connectivity index (χ2n) is 6.57. The Balaban J connectivity index is 2.47. The summed E-state index contributed by atoms with van der Waals surface area (Å²) in [5.74, 6) is 0. The van der Waals surface area contributed by atoms with E-state index in [-0.39, 0.29) is 11.0 Å². The van der Waals surface area contributed by atoms with E-state index in [4.69, 9.17) is 0 Å². The fourth-order valence-electron chi connectivity index (χ4n) is 3.06. The summed E-state index contributed by atoms with van der Waals surface area (Å²) >= 11 is 0.